The van der Waals surface area contributed by atoms with Gasteiger partial charge in [-0.1, -0.05) is 0 Å². The molecule has 0 heterocycles. The van der Waals surface area contributed by atoms with Gasteiger partial charge in [-0.05, 0) is 0 Å². The second-order valence-corrected chi connectivity index (χ2v) is 41.2. The van der Waals surface area contributed by atoms with Crippen molar-refractivity contribution < 1.29 is 17.5 Å². The van der Waals surface area contributed by atoms with E-state index in [4.69, 9.17) is 0 Å². The van der Waals surface area contributed by atoms with Crippen molar-refractivity contribution >= 4 is 10.7 Å². The Morgan fingerprint density at radius 3 is 0.538 bits per heavy atom. The third kappa shape index (κ3) is 6.65. The van der Waals surface area contributed by atoms with Gasteiger partial charge in [0.25, 0.3) is 0 Å². The molecule has 0 unspecified atom stereocenters. The summed E-state index contributed by atoms with van der Waals surface area (Å²) in [7, 11) is 0. The molecule has 0 radical (unpaired) electrons. The van der Waals surface area contributed by atoms with E-state index in [2.05, 4.69) is 0 Å². The van der Waals surface area contributed by atoms with Crippen LogP contribution in [0.4, 0.5) is 0 Å². The fraction of sp³-hybridized carbons (Fsp3) is 1.00. The van der Waals surface area contributed by atoms with Crippen LogP contribution < -0.4 is 0 Å². The van der Waals surface area contributed by atoms with Gasteiger partial charge in [0.05, 0.1) is 0 Å². The van der Waals surface area contributed by atoms with E-state index in [1.54, 1.807) is 193 Å². The van der Waals surface area contributed by atoms with Crippen molar-refractivity contribution in [3.05, 3.63) is 0 Å². The molecule has 3 heteroatoms. The van der Waals surface area contributed by atoms with E-state index in [0.717, 1.165) is 0 Å². The Bertz CT molecular complexity index is 550. The average molecular weight is 758 g/mol. The van der Waals surface area contributed by atoms with Gasteiger partial charge in [0, 0.05) is 0 Å². The first-order chi connectivity index (χ1) is 19.3. The molecule has 0 amide bonds. The average Bonchev–Trinajstić information content (AvgIpc) is 3.04. The maximum atomic E-state index is 1.73. The van der Waals surface area contributed by atoms with E-state index < -0.39 is 10.7 Å². The van der Waals surface area contributed by atoms with Gasteiger partial charge in [-0.3, -0.25) is 0 Å². The Balaban J connectivity index is 1.49. The zero-order chi connectivity index (χ0) is 26.4. The van der Waals surface area contributed by atoms with Crippen molar-refractivity contribution in [2.75, 3.05) is 0 Å². The van der Waals surface area contributed by atoms with Crippen molar-refractivity contribution in [3.8, 4) is 0 Å². The molecule has 0 bridgehead atoms. The number of hydrogen-bond acceptors (Lipinski definition) is 0. The molecule has 0 N–H and O–H groups in total. The van der Waals surface area contributed by atoms with Crippen molar-refractivity contribution in [1.82, 2.24) is 0 Å². The molecular formula is C36H68P2Pt. The van der Waals surface area contributed by atoms with E-state index in [1.807, 2.05) is 0 Å². The summed E-state index contributed by atoms with van der Waals surface area (Å²) in [5.41, 5.74) is 7.80. The molecule has 0 aliphatic heterocycles. The van der Waals surface area contributed by atoms with E-state index in [-0.39, 0.29) is 0 Å². The summed E-state index contributed by atoms with van der Waals surface area (Å²) in [6.07, 6.45) is 49.8. The first-order valence-electron chi connectivity index (χ1n) is 18.9. The van der Waals surface area contributed by atoms with Crippen molar-refractivity contribution in [2.24, 2.45) is 0 Å². The van der Waals surface area contributed by atoms with Gasteiger partial charge >= 0.3 is 255 Å². The van der Waals surface area contributed by atoms with Crippen molar-refractivity contribution in [2.45, 2.75) is 227 Å². The topological polar surface area (TPSA) is 0 Å². The Labute approximate surface area is 253 Å². The molecular weight excluding hydrogens is 689 g/mol. The number of rotatable bonds is 8. The van der Waals surface area contributed by atoms with Gasteiger partial charge in [0.1, 0.15) is 0 Å². The molecule has 6 aliphatic rings. The summed E-state index contributed by atoms with van der Waals surface area (Å²) in [6, 6.07) is 0. The molecule has 0 aromatic rings. The fourth-order valence-corrected chi connectivity index (χ4v) is 80.5. The minimum atomic E-state index is -1.31. The van der Waals surface area contributed by atoms with E-state index in [0.29, 0.717) is 17.5 Å². The molecule has 0 nitrogen and oxygen atoms in total. The Morgan fingerprint density at radius 1 is 0.231 bits per heavy atom. The summed E-state index contributed by atoms with van der Waals surface area (Å²) in [4.78, 5) is 0. The second kappa shape index (κ2) is 15.0. The van der Waals surface area contributed by atoms with Crippen LogP contribution in [0.1, 0.15) is 193 Å². The van der Waals surface area contributed by atoms with Crippen LogP contribution in [0.3, 0.4) is 0 Å². The van der Waals surface area contributed by atoms with Crippen LogP contribution in [0.15, 0.2) is 0 Å². The SMILES string of the molecule is C1CCC([PH]([Pt][PH](C2CCCCC2)(C2CCCCC2)C2CCCCC2)(C2CCCCC2)C2CCCCC2)CC1. The molecule has 39 heavy (non-hydrogen) atoms. The first kappa shape index (κ1) is 30.6. The first-order valence-corrected chi connectivity index (χ1v) is 29.9. The van der Waals surface area contributed by atoms with E-state index >= 15 is 0 Å². The molecule has 6 rings (SSSR count). The summed E-state index contributed by atoms with van der Waals surface area (Å²) in [5, 5.41) is -2.61. The van der Waals surface area contributed by atoms with Gasteiger partial charge in [-0.25, -0.2) is 0 Å². The standard InChI is InChI=1S/2C18H33P.Pt/c2*1-4-10-16(11-5-1)19(17-12-6-2-7-13-17)18-14-8-3-9-15-18;/h2*16-18H,1-15H2;/q;;-2/p+2. The Kier molecular flexibility index (Phi) is 11.8. The van der Waals surface area contributed by atoms with Gasteiger partial charge in [0.2, 0.25) is 0 Å². The van der Waals surface area contributed by atoms with Crippen LogP contribution in [0.5, 0.6) is 0 Å². The van der Waals surface area contributed by atoms with Gasteiger partial charge in [-0.2, -0.15) is 0 Å². The van der Waals surface area contributed by atoms with Gasteiger partial charge in [0.15, 0.2) is 0 Å². The molecule has 0 aromatic heterocycles. The zero-order valence-electron chi connectivity index (χ0n) is 26.0. The third-order valence-electron chi connectivity index (χ3n) is 13.5. The zero-order valence-corrected chi connectivity index (χ0v) is 30.3. The minimum absolute atomic E-state index is 0.430. The Hall–Kier alpha value is 1.55. The third-order valence-corrected chi connectivity index (χ3v) is 60.8. The monoisotopic (exact) mass is 757 g/mol. The summed E-state index contributed by atoms with van der Waals surface area (Å²) in [6.45, 7) is 0. The molecule has 6 fully saturated rings. The fourth-order valence-electron chi connectivity index (χ4n) is 11.8. The summed E-state index contributed by atoms with van der Waals surface area (Å²) < 4.78 is 0. The normalized spacial score (nSPS) is 30.5. The predicted molar refractivity (Wildman–Crippen MR) is 178 cm³/mol. The van der Waals surface area contributed by atoms with Crippen LogP contribution in [0, 0.1) is 0 Å². The van der Waals surface area contributed by atoms with E-state index in [9.17, 15) is 0 Å². The molecule has 0 atom stereocenters. The van der Waals surface area contributed by atoms with Gasteiger partial charge in [-0.15, -0.1) is 0 Å². The van der Waals surface area contributed by atoms with Crippen molar-refractivity contribution in [3.63, 3.8) is 0 Å². The molecule has 0 aromatic carbocycles. The maximum absolute atomic E-state index is 1.73. The summed E-state index contributed by atoms with van der Waals surface area (Å²) in [5.74, 6) is 0. The molecule has 232 valence electrons. The molecule has 6 aliphatic carbocycles. The van der Waals surface area contributed by atoms with E-state index in [1.165, 1.54) is 34.0 Å². The van der Waals surface area contributed by atoms with Crippen LogP contribution in [-0.4, -0.2) is 34.0 Å². The second-order valence-electron chi connectivity index (χ2n) is 15.6. The van der Waals surface area contributed by atoms with Crippen LogP contribution in [0.25, 0.3) is 0 Å². The van der Waals surface area contributed by atoms with Crippen LogP contribution >= 0.6 is 10.7 Å². The summed E-state index contributed by atoms with van der Waals surface area (Å²) >= 11 is 0.430. The van der Waals surface area contributed by atoms with Crippen molar-refractivity contribution in [1.29, 1.82) is 0 Å². The predicted octanol–water partition coefficient (Wildman–Crippen LogP) is 12.4. The molecule has 0 spiro atoms. The molecule has 0 saturated heterocycles. The van der Waals surface area contributed by atoms with Crippen LogP contribution in [-0.2, 0) is 17.5 Å². The Morgan fingerprint density at radius 2 is 0.385 bits per heavy atom. The quantitative estimate of drug-likeness (QED) is 0.216. The number of hydrogen-bond donors (Lipinski definition) is 0. The molecule has 6 saturated carbocycles. The van der Waals surface area contributed by atoms with Gasteiger partial charge < -0.3 is 0 Å². The van der Waals surface area contributed by atoms with Crippen LogP contribution in [0.2, 0.25) is 0 Å².